The number of ether oxygens (including phenoxy) is 1. The van der Waals surface area contributed by atoms with E-state index in [1.165, 1.54) is 0 Å². The summed E-state index contributed by atoms with van der Waals surface area (Å²) in [4.78, 5) is 28.9. The van der Waals surface area contributed by atoms with Crippen molar-refractivity contribution in [2.24, 2.45) is 5.92 Å². The van der Waals surface area contributed by atoms with Crippen molar-refractivity contribution in [2.45, 2.75) is 33.4 Å². The molecule has 1 atom stereocenters. The van der Waals surface area contributed by atoms with Gasteiger partial charge in [-0.05, 0) is 54.8 Å². The average Bonchev–Trinajstić information content (AvgIpc) is 2.65. The van der Waals surface area contributed by atoms with E-state index in [-0.39, 0.29) is 17.7 Å². The summed E-state index contributed by atoms with van der Waals surface area (Å²) >= 11 is 0. The number of nitrogens with one attached hydrogen (secondary N) is 2. The zero-order valence-corrected chi connectivity index (χ0v) is 15.4. The monoisotopic (exact) mass is 355 g/mol. The quantitative estimate of drug-likeness (QED) is 0.763. The Bertz CT molecular complexity index is 715. The van der Waals surface area contributed by atoms with Gasteiger partial charge in [-0.15, -0.1) is 0 Å². The van der Waals surface area contributed by atoms with E-state index >= 15 is 0 Å². The first-order valence-corrected chi connectivity index (χ1v) is 8.71. The van der Waals surface area contributed by atoms with Crippen LogP contribution in [0.1, 0.15) is 36.7 Å². The molecule has 1 aromatic heterocycles. The molecule has 0 aliphatic carbocycles. The summed E-state index contributed by atoms with van der Waals surface area (Å²) in [6, 6.07) is 9.92. The van der Waals surface area contributed by atoms with Crippen molar-refractivity contribution in [3.63, 3.8) is 0 Å². The van der Waals surface area contributed by atoms with Crippen molar-refractivity contribution in [1.29, 1.82) is 0 Å². The molecular weight excluding hydrogens is 330 g/mol. The number of benzene rings is 1. The molecule has 0 unspecified atom stereocenters. The second kappa shape index (κ2) is 9.56. The minimum absolute atomic E-state index is 0.0425. The molecule has 2 rings (SSSR count). The molecule has 6 heteroatoms. The third kappa shape index (κ3) is 5.58. The van der Waals surface area contributed by atoms with Crippen molar-refractivity contribution < 1.29 is 14.3 Å². The van der Waals surface area contributed by atoms with Crippen molar-refractivity contribution in [2.75, 3.05) is 6.61 Å². The highest BCUT2D eigenvalue weighted by Gasteiger charge is 2.24. The van der Waals surface area contributed by atoms with Crippen LogP contribution in [0.3, 0.4) is 0 Å². The molecule has 0 saturated carbocycles. The fourth-order valence-electron chi connectivity index (χ4n) is 2.43. The number of aromatic nitrogens is 1. The maximum absolute atomic E-state index is 12.5. The average molecular weight is 355 g/mol. The maximum atomic E-state index is 12.5. The van der Waals surface area contributed by atoms with Crippen LogP contribution < -0.4 is 15.4 Å². The highest BCUT2D eigenvalue weighted by Crippen LogP contribution is 2.13. The lowest BCUT2D eigenvalue weighted by Crippen LogP contribution is -2.49. The largest absolute Gasteiger partial charge is 0.494 e. The van der Waals surface area contributed by atoms with Gasteiger partial charge in [0.05, 0.1) is 6.61 Å². The number of rotatable bonds is 8. The molecule has 2 aromatic rings. The molecule has 2 amide bonds. The second-order valence-corrected chi connectivity index (χ2v) is 6.23. The van der Waals surface area contributed by atoms with Crippen LogP contribution in [0.15, 0.2) is 48.8 Å². The highest BCUT2D eigenvalue weighted by molar-refractivity contribution is 5.97. The summed E-state index contributed by atoms with van der Waals surface area (Å²) < 4.78 is 5.37. The highest BCUT2D eigenvalue weighted by atomic mass is 16.5. The number of hydrogen-bond acceptors (Lipinski definition) is 4. The molecular formula is C20H25N3O3. The van der Waals surface area contributed by atoms with Gasteiger partial charge in [0.1, 0.15) is 11.8 Å². The summed E-state index contributed by atoms with van der Waals surface area (Å²) in [5.74, 6) is 0.167. The lowest BCUT2D eigenvalue weighted by molar-refractivity contribution is -0.124. The first kappa shape index (κ1) is 19.4. The van der Waals surface area contributed by atoms with Crippen molar-refractivity contribution >= 4 is 11.8 Å². The number of carbonyl (C=O) groups excluding carboxylic acids is 2. The van der Waals surface area contributed by atoms with Gasteiger partial charge < -0.3 is 15.4 Å². The summed E-state index contributed by atoms with van der Waals surface area (Å²) in [7, 11) is 0. The Kier molecular flexibility index (Phi) is 7.14. The van der Waals surface area contributed by atoms with Crippen LogP contribution in [0.25, 0.3) is 0 Å². The Morgan fingerprint density at radius 3 is 2.31 bits per heavy atom. The Labute approximate surface area is 154 Å². The molecule has 0 bridgehead atoms. The zero-order valence-electron chi connectivity index (χ0n) is 15.4. The lowest BCUT2D eigenvalue weighted by Gasteiger charge is -2.22. The third-order valence-corrected chi connectivity index (χ3v) is 3.88. The molecule has 0 aliphatic rings. The summed E-state index contributed by atoms with van der Waals surface area (Å²) in [5, 5.41) is 5.68. The second-order valence-electron chi connectivity index (χ2n) is 6.23. The SMILES string of the molecule is CCOc1ccc(C(=O)N[C@@H](C(=O)NCc2ccncc2)C(C)C)cc1. The summed E-state index contributed by atoms with van der Waals surface area (Å²) in [6.45, 7) is 6.66. The van der Waals surface area contributed by atoms with E-state index in [2.05, 4.69) is 15.6 Å². The first-order chi connectivity index (χ1) is 12.5. The molecule has 0 spiro atoms. The van der Waals surface area contributed by atoms with Gasteiger partial charge in [0.25, 0.3) is 5.91 Å². The van der Waals surface area contributed by atoms with Crippen LogP contribution in [0.5, 0.6) is 5.75 Å². The van der Waals surface area contributed by atoms with E-state index in [1.807, 2.05) is 32.9 Å². The first-order valence-electron chi connectivity index (χ1n) is 8.71. The normalized spacial score (nSPS) is 11.7. The van der Waals surface area contributed by atoms with E-state index < -0.39 is 6.04 Å². The predicted molar refractivity (Wildman–Crippen MR) is 99.8 cm³/mol. The van der Waals surface area contributed by atoms with Crippen LogP contribution in [-0.2, 0) is 11.3 Å². The molecule has 2 N–H and O–H groups in total. The zero-order chi connectivity index (χ0) is 18.9. The molecule has 1 aromatic carbocycles. The minimum Gasteiger partial charge on any atom is -0.494 e. The van der Waals surface area contributed by atoms with E-state index in [1.54, 1.807) is 36.7 Å². The standard InChI is InChI=1S/C20H25N3O3/c1-4-26-17-7-5-16(6-8-17)19(24)23-18(14(2)3)20(25)22-13-15-9-11-21-12-10-15/h5-12,14,18H,4,13H2,1-3H3,(H,22,25)(H,23,24)/t18-/m1/s1. The van der Waals surface area contributed by atoms with Gasteiger partial charge in [-0.3, -0.25) is 14.6 Å². The van der Waals surface area contributed by atoms with Crippen LogP contribution >= 0.6 is 0 Å². The van der Waals surface area contributed by atoms with Crippen LogP contribution in [-0.4, -0.2) is 29.4 Å². The Morgan fingerprint density at radius 2 is 1.73 bits per heavy atom. The molecule has 26 heavy (non-hydrogen) atoms. The molecule has 0 radical (unpaired) electrons. The molecule has 0 aliphatic heterocycles. The Morgan fingerprint density at radius 1 is 1.08 bits per heavy atom. The number of pyridine rings is 1. The van der Waals surface area contributed by atoms with Crippen molar-refractivity contribution in [3.8, 4) is 5.75 Å². The van der Waals surface area contributed by atoms with E-state index in [0.29, 0.717) is 24.5 Å². The van der Waals surface area contributed by atoms with Gasteiger partial charge >= 0.3 is 0 Å². The van der Waals surface area contributed by atoms with Gasteiger partial charge in [0.15, 0.2) is 0 Å². The van der Waals surface area contributed by atoms with Crippen molar-refractivity contribution in [3.05, 3.63) is 59.9 Å². The molecule has 6 nitrogen and oxygen atoms in total. The van der Waals surface area contributed by atoms with Crippen LogP contribution in [0, 0.1) is 5.92 Å². The van der Waals surface area contributed by atoms with Gasteiger partial charge in [-0.1, -0.05) is 13.8 Å². The summed E-state index contributed by atoms with van der Waals surface area (Å²) in [5.41, 5.74) is 1.44. The maximum Gasteiger partial charge on any atom is 0.251 e. The minimum atomic E-state index is -0.615. The van der Waals surface area contributed by atoms with E-state index in [4.69, 9.17) is 4.74 Å². The topological polar surface area (TPSA) is 80.3 Å². The number of hydrogen-bond donors (Lipinski definition) is 2. The Balaban J connectivity index is 1.97. The van der Waals surface area contributed by atoms with Crippen LogP contribution in [0.2, 0.25) is 0 Å². The predicted octanol–water partition coefficient (Wildman–Crippen LogP) is 2.55. The van der Waals surface area contributed by atoms with Gasteiger partial charge in [0, 0.05) is 24.5 Å². The molecule has 1 heterocycles. The number of amides is 2. The molecule has 0 fully saturated rings. The number of nitrogens with zero attached hydrogens (tertiary/aromatic N) is 1. The van der Waals surface area contributed by atoms with Gasteiger partial charge in [0.2, 0.25) is 5.91 Å². The summed E-state index contributed by atoms with van der Waals surface area (Å²) in [6.07, 6.45) is 3.35. The van der Waals surface area contributed by atoms with Gasteiger partial charge in [-0.2, -0.15) is 0 Å². The number of carbonyl (C=O) groups is 2. The molecule has 138 valence electrons. The van der Waals surface area contributed by atoms with E-state index in [0.717, 1.165) is 5.56 Å². The van der Waals surface area contributed by atoms with Gasteiger partial charge in [-0.25, -0.2) is 0 Å². The third-order valence-electron chi connectivity index (χ3n) is 3.88. The fraction of sp³-hybridized carbons (Fsp3) is 0.350. The van der Waals surface area contributed by atoms with Crippen molar-refractivity contribution in [1.82, 2.24) is 15.6 Å². The van der Waals surface area contributed by atoms with E-state index in [9.17, 15) is 9.59 Å². The van der Waals surface area contributed by atoms with Crippen LogP contribution in [0.4, 0.5) is 0 Å². The Hall–Kier alpha value is -2.89. The molecule has 0 saturated heterocycles. The lowest BCUT2D eigenvalue weighted by atomic mass is 10.0. The fourth-order valence-corrected chi connectivity index (χ4v) is 2.43. The smallest absolute Gasteiger partial charge is 0.251 e.